The van der Waals surface area contributed by atoms with Crippen LogP contribution in [0.4, 0.5) is 0 Å². The van der Waals surface area contributed by atoms with E-state index in [4.69, 9.17) is 0 Å². The molecule has 0 aromatic carbocycles. The SMILES string of the molecule is C/C=C(C=NI)/C=C/C(=O)NCCCC. The molecular formula is C11H17IN2O. The van der Waals surface area contributed by atoms with Gasteiger partial charge in [-0.2, -0.15) is 0 Å². The van der Waals surface area contributed by atoms with Crippen LogP contribution in [0.5, 0.6) is 0 Å². The van der Waals surface area contributed by atoms with Crippen LogP contribution in [0.25, 0.3) is 0 Å². The van der Waals surface area contributed by atoms with Gasteiger partial charge >= 0.3 is 0 Å². The van der Waals surface area contributed by atoms with E-state index in [0.29, 0.717) is 0 Å². The van der Waals surface area contributed by atoms with Crippen LogP contribution in [-0.2, 0) is 4.79 Å². The molecule has 0 atom stereocenters. The van der Waals surface area contributed by atoms with E-state index in [1.165, 1.54) is 6.08 Å². The third kappa shape index (κ3) is 8.35. The zero-order valence-corrected chi connectivity index (χ0v) is 11.3. The number of nitrogens with zero attached hydrogens (tertiary/aromatic N) is 1. The summed E-state index contributed by atoms with van der Waals surface area (Å²) in [5.74, 6) is -0.0512. The molecule has 0 aliphatic carbocycles. The highest BCUT2D eigenvalue weighted by atomic mass is 127. The molecule has 0 rings (SSSR count). The van der Waals surface area contributed by atoms with Crippen molar-refractivity contribution in [3.8, 4) is 0 Å². The summed E-state index contributed by atoms with van der Waals surface area (Å²) in [5.41, 5.74) is 0.926. The van der Waals surface area contributed by atoms with E-state index in [9.17, 15) is 4.79 Å². The predicted molar refractivity (Wildman–Crippen MR) is 73.3 cm³/mol. The third-order valence-corrected chi connectivity index (χ3v) is 2.07. The molecule has 0 heterocycles. The van der Waals surface area contributed by atoms with Gasteiger partial charge in [-0.05, 0) is 25.0 Å². The van der Waals surface area contributed by atoms with Gasteiger partial charge in [-0.1, -0.05) is 19.4 Å². The molecule has 0 spiro atoms. The highest BCUT2D eigenvalue weighted by molar-refractivity contribution is 14.1. The number of hydrogen-bond donors (Lipinski definition) is 1. The summed E-state index contributed by atoms with van der Waals surface area (Å²) in [6, 6.07) is 0. The molecule has 4 heteroatoms. The summed E-state index contributed by atoms with van der Waals surface area (Å²) in [4.78, 5) is 11.3. The molecule has 0 fully saturated rings. The molecule has 0 aromatic rings. The lowest BCUT2D eigenvalue weighted by Crippen LogP contribution is -2.21. The smallest absolute Gasteiger partial charge is 0.243 e. The predicted octanol–water partition coefficient (Wildman–Crippen LogP) is 2.83. The van der Waals surface area contributed by atoms with Crippen molar-refractivity contribution in [1.29, 1.82) is 0 Å². The van der Waals surface area contributed by atoms with Crippen molar-refractivity contribution < 1.29 is 4.79 Å². The summed E-state index contributed by atoms with van der Waals surface area (Å²) in [6.45, 7) is 4.75. The number of amides is 1. The molecule has 15 heavy (non-hydrogen) atoms. The summed E-state index contributed by atoms with van der Waals surface area (Å²) in [7, 11) is 0. The number of carbonyl (C=O) groups excluding carboxylic acids is 1. The van der Waals surface area contributed by atoms with Crippen molar-refractivity contribution in [2.24, 2.45) is 3.21 Å². The maximum Gasteiger partial charge on any atom is 0.243 e. The Morgan fingerprint density at radius 3 is 2.73 bits per heavy atom. The second-order valence-electron chi connectivity index (χ2n) is 2.99. The second-order valence-corrected chi connectivity index (χ2v) is 3.55. The molecule has 0 aliphatic heterocycles. The zero-order chi connectivity index (χ0) is 11.5. The van der Waals surface area contributed by atoms with Crippen LogP contribution in [0, 0.1) is 0 Å². The Labute approximate surface area is 105 Å². The first-order valence-electron chi connectivity index (χ1n) is 5.01. The molecule has 0 saturated heterocycles. The van der Waals surface area contributed by atoms with Crippen LogP contribution >= 0.6 is 22.9 Å². The van der Waals surface area contributed by atoms with E-state index in [1.807, 2.05) is 35.9 Å². The van der Waals surface area contributed by atoms with Gasteiger partial charge in [0.15, 0.2) is 0 Å². The lowest BCUT2D eigenvalue weighted by Gasteiger charge is -1.98. The summed E-state index contributed by atoms with van der Waals surface area (Å²) in [6.07, 6.45) is 9.00. The summed E-state index contributed by atoms with van der Waals surface area (Å²) >= 11 is 1.90. The number of carbonyl (C=O) groups is 1. The first-order valence-corrected chi connectivity index (χ1v) is 5.97. The maximum atomic E-state index is 11.3. The van der Waals surface area contributed by atoms with Gasteiger partial charge in [0.05, 0.1) is 22.9 Å². The van der Waals surface area contributed by atoms with E-state index in [1.54, 1.807) is 12.3 Å². The zero-order valence-electron chi connectivity index (χ0n) is 9.16. The number of hydrogen-bond acceptors (Lipinski definition) is 2. The number of nitrogens with one attached hydrogen (secondary N) is 1. The Kier molecular flexibility index (Phi) is 9.46. The minimum atomic E-state index is -0.0512. The molecule has 3 nitrogen and oxygen atoms in total. The van der Waals surface area contributed by atoms with Gasteiger partial charge in [0.25, 0.3) is 0 Å². The Balaban J connectivity index is 3.98. The second kappa shape index (κ2) is 9.89. The quantitative estimate of drug-likeness (QED) is 0.264. The van der Waals surface area contributed by atoms with E-state index in [2.05, 4.69) is 15.4 Å². The lowest BCUT2D eigenvalue weighted by molar-refractivity contribution is -0.116. The molecule has 1 amide bonds. The van der Waals surface area contributed by atoms with E-state index < -0.39 is 0 Å². The van der Waals surface area contributed by atoms with Gasteiger partial charge in [-0.15, -0.1) is 0 Å². The van der Waals surface area contributed by atoms with Gasteiger partial charge in [-0.25, -0.2) is 3.21 Å². The molecule has 84 valence electrons. The third-order valence-electron chi connectivity index (χ3n) is 1.79. The summed E-state index contributed by atoms with van der Waals surface area (Å²) < 4.78 is 3.85. The van der Waals surface area contributed by atoms with E-state index in [-0.39, 0.29) is 5.91 Å². The highest BCUT2D eigenvalue weighted by Crippen LogP contribution is 1.95. The van der Waals surface area contributed by atoms with Gasteiger partial charge in [0, 0.05) is 18.8 Å². The monoisotopic (exact) mass is 320 g/mol. The van der Waals surface area contributed by atoms with Crippen LogP contribution in [0.15, 0.2) is 27.0 Å². The van der Waals surface area contributed by atoms with Crippen molar-refractivity contribution in [2.75, 3.05) is 6.54 Å². The first kappa shape index (κ1) is 14.3. The van der Waals surface area contributed by atoms with Crippen molar-refractivity contribution in [2.45, 2.75) is 26.7 Å². The Bertz CT molecular complexity index is 270. The topological polar surface area (TPSA) is 41.5 Å². The average Bonchev–Trinajstić information content (AvgIpc) is 2.24. The van der Waals surface area contributed by atoms with Crippen molar-refractivity contribution in [3.63, 3.8) is 0 Å². The van der Waals surface area contributed by atoms with Gasteiger partial charge in [0.2, 0.25) is 5.91 Å². The maximum absolute atomic E-state index is 11.3. The Morgan fingerprint density at radius 2 is 2.20 bits per heavy atom. The fourth-order valence-electron chi connectivity index (χ4n) is 0.889. The number of rotatable bonds is 6. The van der Waals surface area contributed by atoms with Crippen molar-refractivity contribution in [3.05, 3.63) is 23.8 Å². The van der Waals surface area contributed by atoms with Crippen LogP contribution in [0.2, 0.25) is 0 Å². The standard InChI is InChI=1S/C11H17IN2O/c1-3-5-8-13-11(15)7-6-10(4-2)9-14-12/h4,6-7,9H,3,5,8H2,1-2H3,(H,13,15)/b7-6+,10-4-,14-9?. The number of allylic oxidation sites excluding steroid dienone is 3. The largest absolute Gasteiger partial charge is 0.353 e. The molecule has 0 aliphatic rings. The minimum Gasteiger partial charge on any atom is -0.353 e. The number of halogens is 1. The first-order chi connectivity index (χ1) is 7.24. The van der Waals surface area contributed by atoms with Crippen molar-refractivity contribution in [1.82, 2.24) is 5.32 Å². The molecular weight excluding hydrogens is 303 g/mol. The minimum absolute atomic E-state index is 0.0512. The fraction of sp³-hybridized carbons (Fsp3) is 0.455. The molecule has 0 bridgehead atoms. The van der Waals surface area contributed by atoms with E-state index >= 15 is 0 Å². The van der Waals surface area contributed by atoms with Crippen LogP contribution in [0.3, 0.4) is 0 Å². The van der Waals surface area contributed by atoms with E-state index in [0.717, 1.165) is 25.0 Å². The molecule has 1 N–H and O–H groups in total. The normalized spacial score (nSPS) is 12.6. The van der Waals surface area contributed by atoms with Crippen molar-refractivity contribution >= 4 is 35.0 Å². The average molecular weight is 320 g/mol. The summed E-state index contributed by atoms with van der Waals surface area (Å²) in [5, 5.41) is 2.81. The number of unbranched alkanes of at least 4 members (excludes halogenated alkanes) is 1. The Hall–Kier alpha value is -0.650. The highest BCUT2D eigenvalue weighted by Gasteiger charge is 1.93. The van der Waals surface area contributed by atoms with Crippen LogP contribution in [0.1, 0.15) is 26.7 Å². The van der Waals surface area contributed by atoms with Gasteiger partial charge in [-0.3, -0.25) is 4.79 Å². The lowest BCUT2D eigenvalue weighted by atomic mass is 10.2. The fourth-order valence-corrected chi connectivity index (χ4v) is 1.21. The van der Waals surface area contributed by atoms with Gasteiger partial charge < -0.3 is 5.32 Å². The van der Waals surface area contributed by atoms with Crippen LogP contribution < -0.4 is 5.32 Å². The molecule has 0 aromatic heterocycles. The molecule has 0 saturated carbocycles. The molecule has 0 unspecified atom stereocenters. The van der Waals surface area contributed by atoms with Crippen LogP contribution in [-0.4, -0.2) is 18.7 Å². The Morgan fingerprint density at radius 1 is 1.47 bits per heavy atom. The molecule has 0 radical (unpaired) electrons. The van der Waals surface area contributed by atoms with Gasteiger partial charge in [0.1, 0.15) is 0 Å².